The van der Waals surface area contributed by atoms with Gasteiger partial charge in [0.1, 0.15) is 17.1 Å². The van der Waals surface area contributed by atoms with E-state index < -0.39 is 0 Å². The number of methoxy groups -OCH3 is 2. The second-order valence-electron chi connectivity index (χ2n) is 6.85. The molecule has 3 aromatic rings. The van der Waals surface area contributed by atoms with Crippen molar-refractivity contribution in [3.05, 3.63) is 69.5 Å². The van der Waals surface area contributed by atoms with Crippen molar-refractivity contribution in [2.24, 2.45) is 0 Å². The highest BCUT2D eigenvalue weighted by molar-refractivity contribution is 5.99. The van der Waals surface area contributed by atoms with Crippen LogP contribution in [0.3, 0.4) is 0 Å². The van der Waals surface area contributed by atoms with E-state index in [0.29, 0.717) is 28.5 Å². The number of nitrogens with one attached hydrogen (secondary N) is 2. The molecule has 1 aromatic heterocycles. The molecule has 0 unspecified atom stereocenters. The molecule has 28 heavy (non-hydrogen) atoms. The van der Waals surface area contributed by atoms with Crippen molar-refractivity contribution in [2.45, 2.75) is 26.3 Å². The van der Waals surface area contributed by atoms with Crippen molar-refractivity contribution in [1.29, 1.82) is 0 Å². The highest BCUT2D eigenvalue weighted by Gasteiger charge is 2.18. The predicted molar refractivity (Wildman–Crippen MR) is 109 cm³/mol. The van der Waals surface area contributed by atoms with Gasteiger partial charge in [0.25, 0.3) is 11.5 Å². The van der Waals surface area contributed by atoms with E-state index in [1.54, 1.807) is 18.2 Å². The van der Waals surface area contributed by atoms with E-state index in [9.17, 15) is 9.59 Å². The number of fused-ring (bicyclic) bond motifs is 1. The second-order valence-corrected chi connectivity index (χ2v) is 6.85. The number of ether oxygens (including phenoxy) is 2. The van der Waals surface area contributed by atoms with E-state index in [4.69, 9.17) is 9.47 Å². The molecule has 0 aliphatic heterocycles. The van der Waals surface area contributed by atoms with Crippen LogP contribution in [0.2, 0.25) is 0 Å². The average Bonchev–Trinajstić information content (AvgIpc) is 2.70. The molecule has 0 bridgehead atoms. The average molecular weight is 380 g/mol. The minimum Gasteiger partial charge on any atom is -0.496 e. The number of hydrogen-bond acceptors (Lipinski definition) is 4. The number of carbonyl (C=O) groups excluding carboxylic acids is 1. The van der Waals surface area contributed by atoms with Gasteiger partial charge < -0.3 is 19.8 Å². The molecule has 6 nitrogen and oxygen atoms in total. The Morgan fingerprint density at radius 3 is 2.36 bits per heavy atom. The van der Waals surface area contributed by atoms with Crippen LogP contribution in [-0.4, -0.2) is 25.1 Å². The first-order valence-corrected chi connectivity index (χ1v) is 9.09. The molecular formula is C22H24N2O4. The Kier molecular flexibility index (Phi) is 5.68. The van der Waals surface area contributed by atoms with Crippen LogP contribution in [0.5, 0.6) is 11.5 Å². The number of pyridine rings is 1. The number of carbonyl (C=O) groups is 1. The van der Waals surface area contributed by atoms with Crippen molar-refractivity contribution in [1.82, 2.24) is 10.3 Å². The Labute approximate surface area is 163 Å². The zero-order valence-electron chi connectivity index (χ0n) is 16.5. The fourth-order valence-corrected chi connectivity index (χ4v) is 3.10. The molecule has 0 atom stereocenters. The standard InChI is InChI=1S/C22H24N2O4/c1-13(2)14-8-9-17-15(10-14)11-16(21(25)24-17)12-23-22(26)20-18(27-3)6-5-7-19(20)28-4/h5-11,13H,12H2,1-4H3,(H,23,26)(H,24,25). The number of rotatable bonds is 6. The van der Waals surface area contributed by atoms with Crippen molar-refractivity contribution in [3.8, 4) is 11.5 Å². The number of aromatic nitrogens is 1. The van der Waals surface area contributed by atoms with Crippen LogP contribution in [-0.2, 0) is 6.54 Å². The Hall–Kier alpha value is -3.28. The Balaban J connectivity index is 1.88. The molecule has 0 radical (unpaired) electrons. The highest BCUT2D eigenvalue weighted by Crippen LogP contribution is 2.28. The molecular weight excluding hydrogens is 356 g/mol. The van der Waals surface area contributed by atoms with Crippen molar-refractivity contribution < 1.29 is 14.3 Å². The first-order valence-electron chi connectivity index (χ1n) is 9.09. The molecule has 0 spiro atoms. The summed E-state index contributed by atoms with van der Waals surface area (Å²) in [6.45, 7) is 4.33. The number of benzene rings is 2. The van der Waals surface area contributed by atoms with E-state index in [0.717, 1.165) is 10.9 Å². The van der Waals surface area contributed by atoms with Crippen LogP contribution < -0.4 is 20.3 Å². The molecule has 1 amide bonds. The number of amides is 1. The van der Waals surface area contributed by atoms with Gasteiger partial charge in [0.05, 0.1) is 14.2 Å². The van der Waals surface area contributed by atoms with Gasteiger partial charge in [0.15, 0.2) is 0 Å². The lowest BCUT2D eigenvalue weighted by molar-refractivity contribution is 0.0944. The molecule has 0 aliphatic carbocycles. The van der Waals surface area contributed by atoms with Gasteiger partial charge in [-0.15, -0.1) is 0 Å². The van der Waals surface area contributed by atoms with Crippen LogP contribution >= 0.6 is 0 Å². The minimum atomic E-state index is -0.371. The highest BCUT2D eigenvalue weighted by atomic mass is 16.5. The second kappa shape index (κ2) is 8.17. The lowest BCUT2D eigenvalue weighted by atomic mass is 10.0. The third-order valence-electron chi connectivity index (χ3n) is 4.71. The summed E-state index contributed by atoms with van der Waals surface area (Å²) in [5.41, 5.74) is 2.52. The summed E-state index contributed by atoms with van der Waals surface area (Å²) in [7, 11) is 2.98. The first kappa shape index (κ1) is 19.5. The van der Waals surface area contributed by atoms with Gasteiger partial charge in [-0.25, -0.2) is 0 Å². The lowest BCUT2D eigenvalue weighted by Gasteiger charge is -2.13. The Morgan fingerprint density at radius 1 is 1.07 bits per heavy atom. The smallest absolute Gasteiger partial charge is 0.259 e. The van der Waals surface area contributed by atoms with Crippen molar-refractivity contribution >= 4 is 16.8 Å². The summed E-state index contributed by atoms with van der Waals surface area (Å²) in [5.74, 6) is 0.832. The topological polar surface area (TPSA) is 80.4 Å². The van der Waals surface area contributed by atoms with Gasteiger partial charge in [-0.3, -0.25) is 9.59 Å². The van der Waals surface area contributed by atoms with E-state index >= 15 is 0 Å². The fraction of sp³-hybridized carbons (Fsp3) is 0.273. The lowest BCUT2D eigenvalue weighted by Crippen LogP contribution is -2.27. The number of hydrogen-bond donors (Lipinski definition) is 2. The van der Waals surface area contributed by atoms with Gasteiger partial charge >= 0.3 is 0 Å². The summed E-state index contributed by atoms with van der Waals surface area (Å²) < 4.78 is 10.5. The van der Waals surface area contributed by atoms with Crippen LogP contribution in [0.1, 0.15) is 41.3 Å². The molecule has 6 heteroatoms. The molecule has 3 rings (SSSR count). The summed E-state index contributed by atoms with van der Waals surface area (Å²) >= 11 is 0. The molecule has 0 saturated heterocycles. The maximum absolute atomic E-state index is 12.7. The summed E-state index contributed by atoms with van der Waals surface area (Å²) in [4.78, 5) is 28.0. The molecule has 0 saturated carbocycles. The summed E-state index contributed by atoms with van der Waals surface area (Å²) in [5, 5.41) is 3.72. The van der Waals surface area contributed by atoms with E-state index in [2.05, 4.69) is 30.2 Å². The maximum Gasteiger partial charge on any atom is 0.259 e. The third kappa shape index (κ3) is 3.86. The van der Waals surface area contributed by atoms with Crippen molar-refractivity contribution in [2.75, 3.05) is 14.2 Å². The largest absolute Gasteiger partial charge is 0.496 e. The Morgan fingerprint density at radius 2 is 1.75 bits per heavy atom. The van der Waals surface area contributed by atoms with Gasteiger partial charge in [-0.1, -0.05) is 26.0 Å². The fourth-order valence-electron chi connectivity index (χ4n) is 3.10. The Bertz CT molecular complexity index is 1050. The van der Waals surface area contributed by atoms with E-state index in [1.807, 2.05) is 18.2 Å². The minimum absolute atomic E-state index is 0.0945. The van der Waals surface area contributed by atoms with Gasteiger partial charge in [0, 0.05) is 17.6 Å². The molecule has 2 aromatic carbocycles. The van der Waals surface area contributed by atoms with Gasteiger partial charge in [-0.05, 0) is 47.2 Å². The third-order valence-corrected chi connectivity index (χ3v) is 4.71. The summed E-state index contributed by atoms with van der Waals surface area (Å²) in [6.07, 6.45) is 0. The quantitative estimate of drug-likeness (QED) is 0.685. The predicted octanol–water partition coefficient (Wildman–Crippen LogP) is 3.60. The summed E-state index contributed by atoms with van der Waals surface area (Å²) in [6, 6.07) is 12.9. The molecule has 1 heterocycles. The van der Waals surface area contributed by atoms with Crippen LogP contribution in [0.25, 0.3) is 10.9 Å². The maximum atomic E-state index is 12.7. The van der Waals surface area contributed by atoms with Crippen molar-refractivity contribution in [3.63, 3.8) is 0 Å². The van der Waals surface area contributed by atoms with Crippen LogP contribution in [0.15, 0.2) is 47.3 Å². The molecule has 146 valence electrons. The number of H-pyrrole nitrogens is 1. The zero-order chi connectivity index (χ0) is 20.3. The van der Waals surface area contributed by atoms with Crippen LogP contribution in [0, 0.1) is 0 Å². The van der Waals surface area contributed by atoms with Gasteiger partial charge in [-0.2, -0.15) is 0 Å². The number of aromatic amines is 1. The van der Waals surface area contributed by atoms with E-state index in [1.165, 1.54) is 19.8 Å². The zero-order valence-corrected chi connectivity index (χ0v) is 16.5. The molecule has 0 aliphatic rings. The monoisotopic (exact) mass is 380 g/mol. The SMILES string of the molecule is COc1cccc(OC)c1C(=O)NCc1cc2cc(C(C)C)ccc2[nH]c1=O. The van der Waals surface area contributed by atoms with Crippen LogP contribution in [0.4, 0.5) is 0 Å². The first-order chi connectivity index (χ1) is 13.4. The van der Waals surface area contributed by atoms with E-state index in [-0.39, 0.29) is 18.0 Å². The molecule has 2 N–H and O–H groups in total. The van der Waals surface area contributed by atoms with Gasteiger partial charge in [0.2, 0.25) is 0 Å². The normalized spacial score (nSPS) is 10.9. The molecule has 0 fully saturated rings.